The molecule has 1 atom stereocenters. The highest BCUT2D eigenvalue weighted by atomic mass is 19.1. The van der Waals surface area contributed by atoms with Gasteiger partial charge in [-0.15, -0.1) is 0 Å². The first-order valence-corrected chi connectivity index (χ1v) is 8.50. The van der Waals surface area contributed by atoms with Crippen molar-refractivity contribution in [2.24, 2.45) is 0 Å². The Hall–Kier alpha value is -2.56. The zero-order valence-electron chi connectivity index (χ0n) is 14.3. The summed E-state index contributed by atoms with van der Waals surface area (Å²) in [5.41, 5.74) is 0.984. The molecule has 0 saturated carbocycles. The molecule has 25 heavy (non-hydrogen) atoms. The third-order valence-electron chi connectivity index (χ3n) is 4.47. The number of ether oxygens (including phenoxy) is 2. The number of para-hydroxylation sites is 2. The summed E-state index contributed by atoms with van der Waals surface area (Å²) in [7, 11) is 1.59. The number of benzene rings is 2. The summed E-state index contributed by atoms with van der Waals surface area (Å²) < 4.78 is 24.0. The summed E-state index contributed by atoms with van der Waals surface area (Å²) >= 11 is 0. The summed E-state index contributed by atoms with van der Waals surface area (Å²) in [5.74, 6) is 1.08. The lowest BCUT2D eigenvalue weighted by Gasteiger charge is -2.25. The number of rotatable bonds is 6. The van der Waals surface area contributed by atoms with Crippen molar-refractivity contribution in [2.45, 2.75) is 25.3 Å². The lowest BCUT2D eigenvalue weighted by molar-refractivity contribution is -0.132. The number of likely N-dealkylation sites (tertiary alicyclic amines) is 1. The van der Waals surface area contributed by atoms with Crippen molar-refractivity contribution in [3.63, 3.8) is 0 Å². The summed E-state index contributed by atoms with van der Waals surface area (Å²) in [6, 6.07) is 13.8. The van der Waals surface area contributed by atoms with Crippen molar-refractivity contribution < 1.29 is 18.7 Å². The van der Waals surface area contributed by atoms with E-state index < -0.39 is 0 Å². The van der Waals surface area contributed by atoms with Gasteiger partial charge in [-0.2, -0.15) is 0 Å². The molecule has 2 aromatic carbocycles. The maximum Gasteiger partial charge on any atom is 0.226 e. The van der Waals surface area contributed by atoms with E-state index in [-0.39, 0.29) is 17.8 Å². The van der Waals surface area contributed by atoms with Gasteiger partial charge in [-0.3, -0.25) is 4.79 Å². The normalized spacial score (nSPS) is 16.7. The molecular formula is C20H22FNO3. The largest absolute Gasteiger partial charge is 0.493 e. The average Bonchev–Trinajstić information content (AvgIpc) is 3.12. The summed E-state index contributed by atoms with van der Waals surface area (Å²) in [6.07, 6.45) is 2.17. The van der Waals surface area contributed by atoms with Crippen molar-refractivity contribution in [1.29, 1.82) is 0 Å². The van der Waals surface area contributed by atoms with Crippen LogP contribution < -0.4 is 9.47 Å². The quantitative estimate of drug-likeness (QED) is 0.797. The van der Waals surface area contributed by atoms with Gasteiger partial charge in [0.25, 0.3) is 0 Å². The Labute approximate surface area is 147 Å². The zero-order chi connectivity index (χ0) is 17.6. The number of hydrogen-bond donors (Lipinski definition) is 0. The smallest absolute Gasteiger partial charge is 0.226 e. The first kappa shape index (κ1) is 17.3. The minimum Gasteiger partial charge on any atom is -0.493 e. The van der Waals surface area contributed by atoms with Gasteiger partial charge >= 0.3 is 0 Å². The number of halogens is 1. The van der Waals surface area contributed by atoms with Crippen molar-refractivity contribution in [1.82, 2.24) is 4.90 Å². The van der Waals surface area contributed by atoms with Gasteiger partial charge in [0.15, 0.2) is 11.5 Å². The van der Waals surface area contributed by atoms with Crippen LogP contribution in [0, 0.1) is 5.82 Å². The fourth-order valence-electron chi connectivity index (χ4n) is 3.23. The number of methoxy groups -OCH3 is 1. The van der Waals surface area contributed by atoms with Gasteiger partial charge in [-0.25, -0.2) is 4.39 Å². The molecule has 2 aromatic rings. The number of nitrogens with zero attached hydrogens (tertiary/aromatic N) is 1. The second-order valence-electron chi connectivity index (χ2n) is 6.05. The average molecular weight is 343 g/mol. The Kier molecular flexibility index (Phi) is 5.53. The van der Waals surface area contributed by atoms with Crippen molar-refractivity contribution in [2.75, 3.05) is 20.3 Å². The Morgan fingerprint density at radius 1 is 1.16 bits per heavy atom. The lowest BCUT2D eigenvalue weighted by atomic mass is 10.0. The van der Waals surface area contributed by atoms with E-state index in [1.165, 1.54) is 12.1 Å². The molecule has 0 bridgehead atoms. The molecule has 1 fully saturated rings. The molecule has 1 unspecified atom stereocenters. The molecule has 0 spiro atoms. The van der Waals surface area contributed by atoms with E-state index in [2.05, 4.69) is 0 Å². The van der Waals surface area contributed by atoms with Crippen LogP contribution >= 0.6 is 0 Å². The third-order valence-corrected chi connectivity index (χ3v) is 4.47. The van der Waals surface area contributed by atoms with Crippen LogP contribution in [0.15, 0.2) is 48.5 Å². The first-order chi connectivity index (χ1) is 12.2. The minimum absolute atomic E-state index is 0.0272. The number of amides is 1. The standard InChI is InChI=1S/C20H22FNO3/c1-24-18-6-2-3-7-19(18)25-14-12-20(23)22-13-4-5-17(22)15-8-10-16(21)11-9-15/h2-3,6-11,17H,4-5,12-14H2,1H3. The molecule has 5 heteroatoms. The molecular weight excluding hydrogens is 321 g/mol. The first-order valence-electron chi connectivity index (χ1n) is 8.50. The van der Waals surface area contributed by atoms with Crippen molar-refractivity contribution >= 4 is 5.91 Å². The molecule has 1 aliphatic rings. The highest BCUT2D eigenvalue weighted by Crippen LogP contribution is 2.32. The Bertz CT molecular complexity index is 717. The van der Waals surface area contributed by atoms with Crippen LogP contribution in [-0.4, -0.2) is 31.1 Å². The molecule has 0 radical (unpaired) electrons. The van der Waals surface area contributed by atoms with E-state index in [1.54, 1.807) is 19.2 Å². The molecule has 1 amide bonds. The van der Waals surface area contributed by atoms with Gasteiger partial charge in [-0.05, 0) is 42.7 Å². The van der Waals surface area contributed by atoms with Gasteiger partial charge in [-0.1, -0.05) is 24.3 Å². The highest BCUT2D eigenvalue weighted by Gasteiger charge is 2.29. The molecule has 0 aromatic heterocycles. The van der Waals surface area contributed by atoms with Crippen LogP contribution in [0.5, 0.6) is 11.5 Å². The number of hydrogen-bond acceptors (Lipinski definition) is 3. The van der Waals surface area contributed by atoms with E-state index in [0.29, 0.717) is 24.5 Å². The molecule has 1 heterocycles. The predicted molar refractivity (Wildman–Crippen MR) is 93.2 cm³/mol. The molecule has 132 valence electrons. The van der Waals surface area contributed by atoms with Crippen LogP contribution in [0.25, 0.3) is 0 Å². The fraction of sp³-hybridized carbons (Fsp3) is 0.350. The zero-order valence-corrected chi connectivity index (χ0v) is 14.3. The monoisotopic (exact) mass is 343 g/mol. The maximum atomic E-state index is 13.1. The van der Waals surface area contributed by atoms with E-state index in [4.69, 9.17) is 9.47 Å². The summed E-state index contributed by atoms with van der Waals surface area (Å²) in [6.45, 7) is 1.03. The summed E-state index contributed by atoms with van der Waals surface area (Å²) in [4.78, 5) is 14.5. The van der Waals surface area contributed by atoms with Gasteiger partial charge in [0.05, 0.1) is 26.2 Å². The number of carbonyl (C=O) groups excluding carboxylic acids is 1. The van der Waals surface area contributed by atoms with Crippen LogP contribution in [-0.2, 0) is 4.79 Å². The van der Waals surface area contributed by atoms with Gasteiger partial charge in [0, 0.05) is 6.54 Å². The molecule has 1 aliphatic heterocycles. The Morgan fingerprint density at radius 3 is 2.60 bits per heavy atom. The van der Waals surface area contributed by atoms with E-state index in [1.807, 2.05) is 29.2 Å². The highest BCUT2D eigenvalue weighted by molar-refractivity contribution is 5.77. The second kappa shape index (κ2) is 8.01. The molecule has 1 saturated heterocycles. The summed E-state index contributed by atoms with van der Waals surface area (Å²) in [5, 5.41) is 0. The number of carbonyl (C=O) groups is 1. The lowest BCUT2D eigenvalue weighted by Crippen LogP contribution is -2.31. The predicted octanol–water partition coefficient (Wildman–Crippen LogP) is 3.97. The second-order valence-corrected chi connectivity index (χ2v) is 6.05. The van der Waals surface area contributed by atoms with Crippen LogP contribution in [0.2, 0.25) is 0 Å². The molecule has 3 rings (SSSR count). The molecule has 4 nitrogen and oxygen atoms in total. The van der Waals surface area contributed by atoms with Gasteiger partial charge in [0.1, 0.15) is 5.82 Å². The Balaban J connectivity index is 1.58. The van der Waals surface area contributed by atoms with Crippen LogP contribution in [0.1, 0.15) is 30.9 Å². The van der Waals surface area contributed by atoms with Crippen molar-refractivity contribution in [3.8, 4) is 11.5 Å². The maximum absolute atomic E-state index is 13.1. The van der Waals surface area contributed by atoms with Crippen LogP contribution in [0.4, 0.5) is 4.39 Å². The van der Waals surface area contributed by atoms with Gasteiger partial charge in [0.2, 0.25) is 5.91 Å². The minimum atomic E-state index is -0.259. The Morgan fingerprint density at radius 2 is 1.88 bits per heavy atom. The topological polar surface area (TPSA) is 38.8 Å². The van der Waals surface area contributed by atoms with E-state index in [9.17, 15) is 9.18 Å². The molecule has 0 N–H and O–H groups in total. The SMILES string of the molecule is COc1ccccc1OCCC(=O)N1CCCC1c1ccc(F)cc1. The third kappa shape index (κ3) is 4.10. The molecule has 0 aliphatic carbocycles. The van der Waals surface area contributed by atoms with Gasteiger partial charge < -0.3 is 14.4 Å². The van der Waals surface area contributed by atoms with E-state index in [0.717, 1.165) is 24.9 Å². The van der Waals surface area contributed by atoms with Crippen LogP contribution in [0.3, 0.4) is 0 Å². The van der Waals surface area contributed by atoms with E-state index >= 15 is 0 Å². The fourth-order valence-corrected chi connectivity index (χ4v) is 3.23. The van der Waals surface area contributed by atoms with Crippen molar-refractivity contribution in [3.05, 3.63) is 59.9 Å².